The van der Waals surface area contributed by atoms with Crippen LogP contribution in [0, 0.1) is 11.3 Å². The molecule has 76 valence electrons. The Hall–Kier alpha value is 0. The maximum atomic E-state index is 2.26. The van der Waals surface area contributed by atoms with Crippen LogP contribution in [0.25, 0.3) is 0 Å². The third kappa shape index (κ3) is 17.8. The predicted molar refractivity (Wildman–Crippen MR) is 61.2 cm³/mol. The van der Waals surface area contributed by atoms with Crippen molar-refractivity contribution >= 4 is 0 Å². The summed E-state index contributed by atoms with van der Waals surface area (Å²) in [6.45, 7) is 11.3. The fourth-order valence-electron chi connectivity index (χ4n) is 0. The average Bonchev–Trinajstić information content (AvgIpc) is 1.31. The second-order valence-corrected chi connectivity index (χ2v) is 3.52. The van der Waals surface area contributed by atoms with Crippen molar-refractivity contribution < 1.29 is 0 Å². The third-order valence-corrected chi connectivity index (χ3v) is 1.73. The van der Waals surface area contributed by atoms with Crippen LogP contribution in [0.15, 0.2) is 0 Å². The molecule has 0 aromatic heterocycles. The van der Waals surface area contributed by atoms with E-state index >= 15 is 0 Å². The Morgan fingerprint density at radius 2 is 0.818 bits per heavy atom. The first kappa shape index (κ1) is 30.6. The van der Waals surface area contributed by atoms with E-state index in [1.165, 1.54) is 0 Å². The number of hydrogen-bond acceptors (Lipinski definition) is 0. The number of rotatable bonds is 0. The van der Waals surface area contributed by atoms with Gasteiger partial charge in [0.15, 0.2) is 0 Å². The molecule has 0 atom stereocenters. The highest BCUT2D eigenvalue weighted by molar-refractivity contribution is 4.64. The molecule has 0 heteroatoms. The van der Waals surface area contributed by atoms with Crippen LogP contribution in [-0.4, -0.2) is 0 Å². The van der Waals surface area contributed by atoms with E-state index in [-0.39, 0.29) is 29.7 Å². The Morgan fingerprint density at radius 3 is 0.818 bits per heavy atom. The van der Waals surface area contributed by atoms with Crippen LogP contribution >= 0.6 is 0 Å². The Morgan fingerprint density at radius 1 is 0.727 bits per heavy atom. The van der Waals surface area contributed by atoms with E-state index in [4.69, 9.17) is 0 Å². The van der Waals surface area contributed by atoms with Crippen molar-refractivity contribution in [2.24, 2.45) is 11.3 Å². The molecule has 0 aromatic rings. The summed E-state index contributed by atoms with van der Waals surface area (Å²) < 4.78 is 0. The van der Waals surface area contributed by atoms with E-state index in [0.29, 0.717) is 5.41 Å². The Labute approximate surface area is 76.4 Å². The molecule has 0 N–H and O–H groups in total. The van der Waals surface area contributed by atoms with Crippen molar-refractivity contribution in [1.29, 1.82) is 0 Å². The van der Waals surface area contributed by atoms with Gasteiger partial charge >= 0.3 is 0 Å². The highest BCUT2D eigenvalue weighted by atomic mass is 14.2. The van der Waals surface area contributed by atoms with Crippen molar-refractivity contribution in [1.82, 2.24) is 0 Å². The first-order valence-electron chi connectivity index (χ1n) is 2.94. The molecule has 0 rings (SSSR count). The SMILES string of the molecule is C.C.C.C.CC(C)C(C)(C)C. The van der Waals surface area contributed by atoms with E-state index in [0.717, 1.165) is 5.92 Å². The molecule has 0 radical (unpaired) electrons. The van der Waals surface area contributed by atoms with Crippen LogP contribution in [0.5, 0.6) is 0 Å². The number of hydrogen-bond donors (Lipinski definition) is 0. The minimum Gasteiger partial charge on any atom is -0.0776 e. The van der Waals surface area contributed by atoms with Gasteiger partial charge in [-0.1, -0.05) is 64.3 Å². The van der Waals surface area contributed by atoms with Crippen molar-refractivity contribution in [3.05, 3.63) is 0 Å². The molecule has 0 saturated carbocycles. The fraction of sp³-hybridized carbons (Fsp3) is 1.00. The van der Waals surface area contributed by atoms with Gasteiger partial charge in [-0.2, -0.15) is 0 Å². The summed E-state index contributed by atoms with van der Waals surface area (Å²) in [5.74, 6) is 0.799. The predicted octanol–water partition coefficient (Wildman–Crippen LogP) is 5.23. The van der Waals surface area contributed by atoms with E-state index < -0.39 is 0 Å². The van der Waals surface area contributed by atoms with Gasteiger partial charge in [-0.3, -0.25) is 0 Å². The minimum absolute atomic E-state index is 0. The monoisotopic (exact) mass is 164 g/mol. The van der Waals surface area contributed by atoms with Gasteiger partial charge in [0.25, 0.3) is 0 Å². The van der Waals surface area contributed by atoms with Crippen LogP contribution in [-0.2, 0) is 0 Å². The summed E-state index contributed by atoms with van der Waals surface area (Å²) in [6.07, 6.45) is 0. The largest absolute Gasteiger partial charge is 0.0776 e. The topological polar surface area (TPSA) is 0 Å². The van der Waals surface area contributed by atoms with Crippen LogP contribution in [0.2, 0.25) is 0 Å². The van der Waals surface area contributed by atoms with Crippen molar-refractivity contribution in [2.45, 2.75) is 64.3 Å². The molecule has 0 aromatic carbocycles. The van der Waals surface area contributed by atoms with Gasteiger partial charge in [-0.15, -0.1) is 0 Å². The average molecular weight is 164 g/mol. The smallest absolute Gasteiger partial charge is 0.0360 e. The van der Waals surface area contributed by atoms with E-state index in [1.54, 1.807) is 0 Å². The first-order chi connectivity index (χ1) is 2.94. The Balaban J connectivity index is -0.0000000300. The maximum Gasteiger partial charge on any atom is -0.0360 e. The molecular weight excluding hydrogens is 132 g/mol. The zero-order valence-corrected chi connectivity index (χ0v) is 6.08. The molecule has 0 aliphatic carbocycles. The van der Waals surface area contributed by atoms with Crippen molar-refractivity contribution in [2.75, 3.05) is 0 Å². The maximum absolute atomic E-state index is 2.26. The quantitative estimate of drug-likeness (QED) is 0.460. The molecule has 0 saturated heterocycles. The Kier molecular flexibility index (Phi) is 27.8. The fourth-order valence-corrected chi connectivity index (χ4v) is 0. The highest BCUT2D eigenvalue weighted by Crippen LogP contribution is 2.23. The summed E-state index contributed by atoms with van der Waals surface area (Å²) in [5.41, 5.74) is 0.500. The Bertz CT molecular complexity index is 45.5. The molecule has 0 amide bonds. The molecule has 11 heavy (non-hydrogen) atoms. The van der Waals surface area contributed by atoms with Gasteiger partial charge in [0.1, 0.15) is 0 Å². The molecule has 0 fully saturated rings. The summed E-state index contributed by atoms with van der Waals surface area (Å²) in [7, 11) is 0. The molecule has 0 spiro atoms. The molecule has 0 aliphatic rings. The first-order valence-corrected chi connectivity index (χ1v) is 2.94. The van der Waals surface area contributed by atoms with Gasteiger partial charge in [0.2, 0.25) is 0 Å². The second kappa shape index (κ2) is 10.0. The van der Waals surface area contributed by atoms with Gasteiger partial charge < -0.3 is 0 Å². The van der Waals surface area contributed by atoms with Gasteiger partial charge in [-0.25, -0.2) is 0 Å². The lowest BCUT2D eigenvalue weighted by atomic mass is 9.84. The van der Waals surface area contributed by atoms with E-state index in [1.807, 2.05) is 0 Å². The summed E-state index contributed by atoms with van der Waals surface area (Å²) in [5, 5.41) is 0. The van der Waals surface area contributed by atoms with Crippen LogP contribution in [0.3, 0.4) is 0 Å². The lowest BCUT2D eigenvalue weighted by molar-refractivity contribution is 0.283. The molecule has 0 heterocycles. The van der Waals surface area contributed by atoms with Gasteiger partial charge in [0, 0.05) is 0 Å². The molecule has 0 bridgehead atoms. The lowest BCUT2D eigenvalue weighted by Gasteiger charge is -2.22. The van der Waals surface area contributed by atoms with Crippen LogP contribution in [0.4, 0.5) is 0 Å². The lowest BCUT2D eigenvalue weighted by Crippen LogP contribution is -2.12. The molecular formula is C11H32. The van der Waals surface area contributed by atoms with Crippen molar-refractivity contribution in [3.8, 4) is 0 Å². The second-order valence-electron chi connectivity index (χ2n) is 3.52. The van der Waals surface area contributed by atoms with E-state index in [9.17, 15) is 0 Å². The summed E-state index contributed by atoms with van der Waals surface area (Å²) in [4.78, 5) is 0. The summed E-state index contributed by atoms with van der Waals surface area (Å²) in [6, 6.07) is 0. The normalized spacial score (nSPS) is 8.18. The summed E-state index contributed by atoms with van der Waals surface area (Å²) >= 11 is 0. The zero-order valence-electron chi connectivity index (χ0n) is 6.08. The molecule has 0 aliphatic heterocycles. The molecule has 0 nitrogen and oxygen atoms in total. The molecule has 0 unspecified atom stereocenters. The zero-order chi connectivity index (χ0) is 6.08. The standard InChI is InChI=1S/C7H16.4CH4/c1-6(2)7(3,4)5;;;;/h6H,1-5H3;4*1H4. The van der Waals surface area contributed by atoms with Crippen LogP contribution in [0.1, 0.15) is 64.3 Å². The van der Waals surface area contributed by atoms with E-state index in [2.05, 4.69) is 34.6 Å². The van der Waals surface area contributed by atoms with Gasteiger partial charge in [-0.05, 0) is 11.3 Å². The van der Waals surface area contributed by atoms with Crippen LogP contribution < -0.4 is 0 Å². The highest BCUT2D eigenvalue weighted by Gasteiger charge is 2.13. The third-order valence-electron chi connectivity index (χ3n) is 1.73. The van der Waals surface area contributed by atoms with Crippen molar-refractivity contribution in [3.63, 3.8) is 0 Å². The minimum atomic E-state index is 0. The van der Waals surface area contributed by atoms with Gasteiger partial charge in [0.05, 0.1) is 0 Å².